The standard InChI is InChI=1S/C13H19N2O4P/c1-7-2-3-19-11-6-14-5-10(20)8(16)4-9(17)12(14)13(18)15(7)11/h5,7,11,13,17-18H,2-4,6,20H2,1H3. The molecule has 3 heterocycles. The van der Waals surface area contributed by atoms with E-state index in [9.17, 15) is 15.0 Å². The van der Waals surface area contributed by atoms with E-state index in [2.05, 4.69) is 9.24 Å². The lowest BCUT2D eigenvalue weighted by atomic mass is 10.1. The molecule has 0 aromatic heterocycles. The first-order valence-electron chi connectivity index (χ1n) is 6.75. The molecule has 0 aliphatic carbocycles. The average Bonchev–Trinajstić information content (AvgIpc) is 2.47. The van der Waals surface area contributed by atoms with Crippen LogP contribution in [0.4, 0.5) is 0 Å². The van der Waals surface area contributed by atoms with Crippen LogP contribution in [0, 0.1) is 0 Å². The first-order chi connectivity index (χ1) is 9.49. The number of ketones is 1. The molecule has 3 rings (SSSR count). The van der Waals surface area contributed by atoms with Crippen molar-refractivity contribution < 1.29 is 19.7 Å². The summed E-state index contributed by atoms with van der Waals surface area (Å²) in [5.41, 5.74) is 0.393. The minimum Gasteiger partial charge on any atom is -0.510 e. The van der Waals surface area contributed by atoms with Crippen molar-refractivity contribution in [1.29, 1.82) is 0 Å². The second-order valence-electron chi connectivity index (χ2n) is 5.45. The summed E-state index contributed by atoms with van der Waals surface area (Å²) < 4.78 is 5.71. The Morgan fingerprint density at radius 2 is 2.25 bits per heavy atom. The summed E-state index contributed by atoms with van der Waals surface area (Å²) in [5, 5.41) is 21.2. The van der Waals surface area contributed by atoms with E-state index in [1.54, 1.807) is 11.1 Å². The first kappa shape index (κ1) is 14.0. The zero-order valence-corrected chi connectivity index (χ0v) is 12.5. The Balaban J connectivity index is 2.01. The molecule has 7 heteroatoms. The highest BCUT2D eigenvalue weighted by atomic mass is 31.0. The smallest absolute Gasteiger partial charge is 0.171 e. The minimum absolute atomic E-state index is 0.0626. The largest absolute Gasteiger partial charge is 0.510 e. The van der Waals surface area contributed by atoms with E-state index in [0.717, 1.165) is 6.42 Å². The summed E-state index contributed by atoms with van der Waals surface area (Å²) in [5.74, 6) is -0.221. The first-order valence-corrected chi connectivity index (χ1v) is 7.33. The number of ether oxygens (including phenoxy) is 1. The summed E-state index contributed by atoms with van der Waals surface area (Å²) in [6.45, 7) is 3.18. The molecule has 0 saturated carbocycles. The molecular formula is C13H19N2O4P. The summed E-state index contributed by atoms with van der Waals surface area (Å²) in [4.78, 5) is 15.4. The molecule has 0 radical (unpaired) electrons. The van der Waals surface area contributed by atoms with E-state index in [-0.39, 0.29) is 30.2 Å². The number of hydrogen-bond donors (Lipinski definition) is 2. The van der Waals surface area contributed by atoms with Crippen LogP contribution in [0.25, 0.3) is 0 Å². The quantitative estimate of drug-likeness (QED) is 0.635. The molecule has 20 heavy (non-hydrogen) atoms. The topological polar surface area (TPSA) is 73.2 Å². The Morgan fingerprint density at radius 3 is 3.00 bits per heavy atom. The van der Waals surface area contributed by atoms with Gasteiger partial charge in [0.1, 0.15) is 17.7 Å². The van der Waals surface area contributed by atoms with Gasteiger partial charge < -0.3 is 19.8 Å². The van der Waals surface area contributed by atoms with Gasteiger partial charge in [0.2, 0.25) is 0 Å². The van der Waals surface area contributed by atoms with Crippen LogP contribution in [0.2, 0.25) is 0 Å². The fraction of sp³-hybridized carbons (Fsp3) is 0.615. The van der Waals surface area contributed by atoms with Crippen LogP contribution in [0.5, 0.6) is 0 Å². The third kappa shape index (κ3) is 2.17. The molecular weight excluding hydrogens is 279 g/mol. The van der Waals surface area contributed by atoms with Gasteiger partial charge in [0.05, 0.1) is 19.6 Å². The molecule has 110 valence electrons. The van der Waals surface area contributed by atoms with Gasteiger partial charge >= 0.3 is 0 Å². The van der Waals surface area contributed by atoms with Crippen LogP contribution in [0.15, 0.2) is 23.0 Å². The third-order valence-corrected chi connectivity index (χ3v) is 4.59. The van der Waals surface area contributed by atoms with Crippen molar-refractivity contribution in [3.05, 3.63) is 23.0 Å². The fourth-order valence-electron chi connectivity index (χ4n) is 3.02. The number of Topliss-reactive ketones (excluding diaryl/α,β-unsaturated/α-hetero) is 1. The predicted octanol–water partition coefficient (Wildman–Crippen LogP) is 0.516. The van der Waals surface area contributed by atoms with Crippen LogP contribution in [-0.2, 0) is 9.53 Å². The van der Waals surface area contributed by atoms with Crippen LogP contribution in [0.1, 0.15) is 19.8 Å². The number of allylic oxidation sites excluding steroid dienone is 2. The van der Waals surface area contributed by atoms with Crippen molar-refractivity contribution in [2.75, 3.05) is 13.2 Å². The monoisotopic (exact) mass is 298 g/mol. The van der Waals surface area contributed by atoms with Gasteiger partial charge in [0.25, 0.3) is 0 Å². The number of fused-ring (bicyclic) bond motifs is 2. The van der Waals surface area contributed by atoms with Crippen LogP contribution < -0.4 is 0 Å². The lowest BCUT2D eigenvalue weighted by Gasteiger charge is -2.50. The van der Waals surface area contributed by atoms with Gasteiger partial charge in [0, 0.05) is 17.6 Å². The number of nitrogens with zero attached hydrogens (tertiary/aromatic N) is 2. The molecule has 6 nitrogen and oxygen atoms in total. The zero-order valence-electron chi connectivity index (χ0n) is 11.3. The number of carbonyl (C=O) groups is 1. The third-order valence-electron chi connectivity index (χ3n) is 4.12. The summed E-state index contributed by atoms with van der Waals surface area (Å²) in [6, 6.07) is 0.171. The Hall–Kier alpha value is -0.940. The summed E-state index contributed by atoms with van der Waals surface area (Å²) >= 11 is 0. The van der Waals surface area contributed by atoms with Gasteiger partial charge in [-0.25, -0.2) is 4.90 Å². The Morgan fingerprint density at radius 1 is 1.50 bits per heavy atom. The van der Waals surface area contributed by atoms with Crippen molar-refractivity contribution in [1.82, 2.24) is 9.80 Å². The van der Waals surface area contributed by atoms with E-state index < -0.39 is 6.23 Å². The van der Waals surface area contributed by atoms with Crippen LogP contribution >= 0.6 is 9.24 Å². The highest BCUT2D eigenvalue weighted by Gasteiger charge is 2.44. The van der Waals surface area contributed by atoms with Gasteiger partial charge in [-0.15, -0.1) is 9.24 Å². The molecule has 2 N–H and O–H groups in total. The van der Waals surface area contributed by atoms with E-state index in [4.69, 9.17) is 4.74 Å². The number of aliphatic hydroxyl groups excluding tert-OH is 2. The van der Waals surface area contributed by atoms with Gasteiger partial charge in [-0.3, -0.25) is 4.79 Å². The highest BCUT2D eigenvalue weighted by molar-refractivity contribution is 7.25. The van der Waals surface area contributed by atoms with Gasteiger partial charge in [-0.05, 0) is 13.3 Å². The molecule has 0 aromatic carbocycles. The Kier molecular flexibility index (Phi) is 3.58. The van der Waals surface area contributed by atoms with Crippen molar-refractivity contribution in [2.24, 2.45) is 0 Å². The second-order valence-corrected chi connectivity index (χ2v) is 6.07. The fourth-order valence-corrected chi connectivity index (χ4v) is 3.30. The SMILES string of the molecule is CC1CCOC2CN3C=C(P)C(=O)CC(O)=C3C(O)N12. The van der Waals surface area contributed by atoms with Crippen molar-refractivity contribution in [3.63, 3.8) is 0 Å². The maximum atomic E-state index is 11.8. The van der Waals surface area contributed by atoms with Crippen LogP contribution in [0.3, 0.4) is 0 Å². The molecule has 4 unspecified atom stereocenters. The normalized spacial score (nSPS) is 35.4. The molecule has 2 saturated heterocycles. The van der Waals surface area contributed by atoms with Gasteiger partial charge in [0.15, 0.2) is 12.0 Å². The Labute approximate surface area is 119 Å². The van der Waals surface area contributed by atoms with E-state index in [1.165, 1.54) is 0 Å². The molecule has 2 fully saturated rings. The maximum absolute atomic E-state index is 11.8. The minimum atomic E-state index is -0.955. The molecule has 0 aromatic rings. The van der Waals surface area contributed by atoms with Gasteiger partial charge in [-0.1, -0.05) is 0 Å². The second kappa shape index (κ2) is 5.11. The highest BCUT2D eigenvalue weighted by Crippen LogP contribution is 2.34. The van der Waals surface area contributed by atoms with E-state index >= 15 is 0 Å². The lowest BCUT2D eigenvalue weighted by Crippen LogP contribution is -2.62. The van der Waals surface area contributed by atoms with Gasteiger partial charge in [-0.2, -0.15) is 0 Å². The molecule has 0 amide bonds. The van der Waals surface area contributed by atoms with Crippen molar-refractivity contribution >= 4 is 15.0 Å². The maximum Gasteiger partial charge on any atom is 0.171 e. The number of piperazine rings is 1. The van der Waals surface area contributed by atoms with Crippen LogP contribution in [-0.4, -0.2) is 57.4 Å². The molecule has 3 aliphatic heterocycles. The number of carbonyl (C=O) groups excluding carboxylic acids is 1. The predicted molar refractivity (Wildman–Crippen MR) is 75.4 cm³/mol. The van der Waals surface area contributed by atoms with Crippen molar-refractivity contribution in [2.45, 2.75) is 38.3 Å². The summed E-state index contributed by atoms with van der Waals surface area (Å²) in [6.07, 6.45) is 1.24. The Bertz CT molecular complexity index is 505. The number of aliphatic hydroxyl groups is 2. The van der Waals surface area contributed by atoms with E-state index in [0.29, 0.717) is 24.2 Å². The average molecular weight is 298 g/mol. The molecule has 0 spiro atoms. The summed E-state index contributed by atoms with van der Waals surface area (Å²) in [7, 11) is 2.38. The van der Waals surface area contributed by atoms with Crippen molar-refractivity contribution in [3.8, 4) is 0 Å². The zero-order chi connectivity index (χ0) is 14.4. The van der Waals surface area contributed by atoms with E-state index in [1.807, 2.05) is 11.8 Å². The number of rotatable bonds is 0. The molecule has 3 aliphatic rings. The number of hydrogen-bond acceptors (Lipinski definition) is 6. The lowest BCUT2D eigenvalue weighted by molar-refractivity contribution is -0.198. The molecule has 0 bridgehead atoms. The molecule has 4 atom stereocenters.